The van der Waals surface area contributed by atoms with Crippen molar-refractivity contribution in [3.8, 4) is 0 Å². The summed E-state index contributed by atoms with van der Waals surface area (Å²) in [6.45, 7) is -1.35. The van der Waals surface area contributed by atoms with Gasteiger partial charge in [-0.3, -0.25) is 18.9 Å². The van der Waals surface area contributed by atoms with Gasteiger partial charge in [0, 0.05) is 33.4 Å². The number of aromatic nitrogens is 2. The summed E-state index contributed by atoms with van der Waals surface area (Å²) in [7, 11) is -0.471. The van der Waals surface area contributed by atoms with Gasteiger partial charge in [0.15, 0.2) is 6.29 Å². The summed E-state index contributed by atoms with van der Waals surface area (Å²) in [5, 5.41) is 12.9. The lowest BCUT2D eigenvalue weighted by Crippen LogP contribution is -2.66. The fourth-order valence-electron chi connectivity index (χ4n) is 7.40. The van der Waals surface area contributed by atoms with Crippen molar-refractivity contribution in [2.24, 2.45) is 11.8 Å². The molecule has 2 aromatic rings. The molecular formula is C29H41FN4O16P2S2. The number of thiophene rings is 1. The molecule has 3 fully saturated rings. The molecule has 13 atom stereocenters. The zero-order valence-corrected chi connectivity index (χ0v) is 33.3. The molecule has 0 spiro atoms. The van der Waals surface area contributed by atoms with E-state index in [1.54, 1.807) is 25.9 Å². The van der Waals surface area contributed by atoms with E-state index in [-0.39, 0.29) is 5.82 Å². The van der Waals surface area contributed by atoms with E-state index in [4.69, 9.17) is 59.3 Å². The average molecular weight is 847 g/mol. The number of halogens is 1. The number of alkyl halides is 1. The first-order valence-electron chi connectivity index (χ1n) is 16.1. The van der Waals surface area contributed by atoms with Gasteiger partial charge in [0.1, 0.15) is 60.9 Å². The van der Waals surface area contributed by atoms with Gasteiger partial charge in [-0.25, -0.2) is 23.2 Å². The maximum absolute atomic E-state index is 15.5. The number of esters is 3. The van der Waals surface area contributed by atoms with Crippen LogP contribution in [-0.4, -0.2) is 130 Å². The predicted molar refractivity (Wildman–Crippen MR) is 186 cm³/mol. The Balaban J connectivity index is 1.33. The van der Waals surface area contributed by atoms with Crippen molar-refractivity contribution in [1.82, 2.24) is 14.9 Å². The fourth-order valence-corrected chi connectivity index (χ4v) is 11.4. The number of fused-ring (bicyclic) bond motifs is 2. The van der Waals surface area contributed by atoms with Gasteiger partial charge in [0.05, 0.1) is 28.8 Å². The number of aliphatic hydroxyl groups excluding tert-OH is 1. The van der Waals surface area contributed by atoms with E-state index in [2.05, 4.69) is 9.97 Å². The second-order valence-corrected chi connectivity index (χ2v) is 18.4. The van der Waals surface area contributed by atoms with Crippen molar-refractivity contribution < 1.29 is 80.0 Å². The van der Waals surface area contributed by atoms with Crippen LogP contribution < -0.4 is 5.73 Å². The minimum absolute atomic E-state index is 0.284. The number of ether oxygens (including phenoxy) is 6. The molecular weight excluding hydrogens is 805 g/mol. The van der Waals surface area contributed by atoms with Gasteiger partial charge in [-0.05, 0) is 38.2 Å². The first kappa shape index (κ1) is 42.8. The zero-order chi connectivity index (χ0) is 40.1. The summed E-state index contributed by atoms with van der Waals surface area (Å²) in [4.78, 5) is 67.4. The minimum Gasteiger partial charge on any atom is -0.463 e. The maximum Gasteiger partial charge on any atom is 0.481 e. The molecule has 0 aromatic carbocycles. The summed E-state index contributed by atoms with van der Waals surface area (Å²) in [5.74, 6) is -8.49. The highest BCUT2D eigenvalue weighted by Gasteiger charge is 2.78. The number of nitrogens with two attached hydrogens (primary N) is 1. The number of hydrogen-bond acceptors (Lipinski definition) is 20. The van der Waals surface area contributed by atoms with Crippen molar-refractivity contribution in [3.05, 3.63) is 17.3 Å². The van der Waals surface area contributed by atoms with E-state index in [0.717, 1.165) is 20.8 Å². The van der Waals surface area contributed by atoms with E-state index >= 15 is 4.39 Å². The third-order valence-electron chi connectivity index (χ3n) is 9.33. The third kappa shape index (κ3) is 8.21. The van der Waals surface area contributed by atoms with Gasteiger partial charge in [-0.1, -0.05) is 0 Å². The molecule has 0 radical (unpaired) electrons. The van der Waals surface area contributed by atoms with Crippen LogP contribution in [0.25, 0.3) is 10.2 Å². The van der Waals surface area contributed by atoms with E-state index in [1.165, 1.54) is 24.8 Å². The molecule has 1 aliphatic carbocycles. The number of aliphatic hydroxyl groups is 1. The highest BCUT2D eigenvalue weighted by Crippen LogP contribution is 2.66. The zero-order valence-electron chi connectivity index (χ0n) is 29.9. The minimum atomic E-state index is -5.49. The normalized spacial score (nSPS) is 34.7. The number of phosphoric ester groups is 1. The molecule has 4 heterocycles. The van der Waals surface area contributed by atoms with Gasteiger partial charge in [0.25, 0.3) is 0 Å². The van der Waals surface area contributed by atoms with Crippen LogP contribution in [0.15, 0.2) is 11.7 Å². The lowest BCUT2D eigenvalue weighted by Gasteiger charge is -2.51. The Hall–Kier alpha value is -2.34. The fraction of sp³-hybridized carbons (Fsp3) is 0.690. The number of hydrogen-bond donors (Lipinski definition) is 4. The summed E-state index contributed by atoms with van der Waals surface area (Å²) >= 11 is 6.37. The Morgan fingerprint density at radius 1 is 1.19 bits per heavy atom. The number of carbonyl (C=O) groups excluding carboxylic acids is 3. The van der Waals surface area contributed by atoms with Gasteiger partial charge >= 0.3 is 32.4 Å². The molecule has 8 unspecified atom stereocenters. The van der Waals surface area contributed by atoms with E-state index in [0.29, 0.717) is 15.8 Å². The van der Waals surface area contributed by atoms with Gasteiger partial charge in [-0.2, -0.15) is 0 Å². The highest BCUT2D eigenvalue weighted by atomic mass is 32.5. The number of methoxy groups -OCH3 is 1. The molecule has 5 rings (SSSR count). The van der Waals surface area contributed by atoms with Crippen molar-refractivity contribution in [3.63, 3.8) is 0 Å². The van der Waals surface area contributed by atoms with Crippen LogP contribution in [0.4, 0.5) is 10.2 Å². The Kier molecular flexibility index (Phi) is 12.6. The standard InChI is InChI=1S/C29H41FN4O16P2S2/c1-12(35)43-8-16(30)18-21(38)22(45-13(2)36)19-27(48-29(18,19)47-14(3)37)49-51(39,40)50-52(41,53)44-9-17-24(34(5)6)28(4,42-7)25(46-17)15-10-54-23-20(15)32-11-33-26(23)31/h10-11,16-19,21-22,24-25,27,38H,8-9H2,1-7H3,(H,39,40)(H,41,53)(H2,31,32,33)/t16-,17+,18?,19?,21?,22?,24+,25-,27?,28+,29?,52?/m0/s1. The Morgan fingerprint density at radius 3 is 2.46 bits per heavy atom. The second-order valence-electron chi connectivity index (χ2n) is 13.1. The smallest absolute Gasteiger partial charge is 0.463 e. The molecule has 2 aliphatic heterocycles. The number of carbonyl (C=O) groups is 3. The molecule has 20 nitrogen and oxygen atoms in total. The molecule has 5 N–H and O–H groups in total. The summed E-state index contributed by atoms with van der Waals surface area (Å²) < 4.78 is 78.1. The van der Waals surface area contributed by atoms with Crippen molar-refractivity contribution in [2.75, 3.05) is 40.2 Å². The Labute approximate surface area is 317 Å². The van der Waals surface area contributed by atoms with Gasteiger partial charge in [-0.15, -0.1) is 11.3 Å². The predicted octanol–water partition coefficient (Wildman–Crippen LogP) is 1.47. The lowest BCUT2D eigenvalue weighted by molar-refractivity contribution is -0.425. The first-order valence-corrected chi connectivity index (χ1v) is 21.1. The second kappa shape index (κ2) is 15.9. The number of nitrogen functional groups attached to an aromatic ring is 1. The third-order valence-corrected chi connectivity index (χ3v) is 13.9. The monoisotopic (exact) mass is 846 g/mol. The van der Waals surface area contributed by atoms with Crippen LogP contribution in [0, 0.1) is 11.8 Å². The van der Waals surface area contributed by atoms with Crippen LogP contribution in [-0.2, 0) is 72.5 Å². The van der Waals surface area contributed by atoms with E-state index in [1.807, 2.05) is 5.38 Å². The van der Waals surface area contributed by atoms with Crippen molar-refractivity contribution in [1.29, 1.82) is 0 Å². The number of phosphoric acid groups is 1. The van der Waals surface area contributed by atoms with E-state index in [9.17, 15) is 33.8 Å². The van der Waals surface area contributed by atoms with Crippen LogP contribution in [0.1, 0.15) is 39.4 Å². The molecule has 2 aromatic heterocycles. The average Bonchev–Trinajstić information content (AvgIpc) is 3.65. The Morgan fingerprint density at radius 2 is 1.87 bits per heavy atom. The maximum atomic E-state index is 15.5. The quantitative estimate of drug-likeness (QED) is 0.112. The van der Waals surface area contributed by atoms with Crippen LogP contribution in [0.2, 0.25) is 0 Å². The topological polar surface area (TPSA) is 267 Å². The molecule has 0 amide bonds. The molecule has 54 heavy (non-hydrogen) atoms. The lowest BCUT2D eigenvalue weighted by atomic mass is 9.86. The SMILES string of the molecule is CO[C@@]1(C)[C@H](c2csc3c(N)ncnc23)O[C@H](COP(O)(=S)OP(=O)(O)OC2OC3(OC(C)=O)C2C(OC(C)=O)C(O)C3[C@@H](F)COC(C)=O)[C@H]1N(C)C. The number of rotatable bonds is 15. The molecule has 0 bridgehead atoms. The summed E-state index contributed by atoms with van der Waals surface area (Å²) in [6.07, 6.45) is -8.24. The molecule has 302 valence electrons. The van der Waals surface area contributed by atoms with Crippen molar-refractivity contribution >= 4 is 71.6 Å². The first-order chi connectivity index (χ1) is 25.1. The summed E-state index contributed by atoms with van der Waals surface area (Å²) in [5.41, 5.74) is 6.20. The molecule has 3 aliphatic rings. The van der Waals surface area contributed by atoms with Crippen LogP contribution in [0.5, 0.6) is 0 Å². The number of nitrogens with zero attached hydrogens (tertiary/aromatic N) is 3. The molecule has 25 heteroatoms. The Bertz CT molecular complexity index is 1860. The van der Waals surface area contributed by atoms with E-state index < -0.39 is 112 Å². The number of likely N-dealkylation sites (N-methyl/N-ethyl adjacent to an activating group) is 1. The van der Waals surface area contributed by atoms with Gasteiger partial charge < -0.3 is 58.5 Å². The largest absolute Gasteiger partial charge is 0.481 e. The number of anilines is 1. The van der Waals surface area contributed by atoms with Crippen molar-refractivity contribution in [2.45, 2.75) is 82.0 Å². The molecule has 1 saturated carbocycles. The molecule has 2 saturated heterocycles. The highest BCUT2D eigenvalue weighted by molar-refractivity contribution is 8.08. The van der Waals surface area contributed by atoms with Crippen LogP contribution >= 0.6 is 25.9 Å². The van der Waals surface area contributed by atoms with Crippen LogP contribution in [0.3, 0.4) is 0 Å². The van der Waals surface area contributed by atoms with Gasteiger partial charge in [0.2, 0.25) is 5.79 Å². The summed E-state index contributed by atoms with van der Waals surface area (Å²) in [6, 6.07) is -0.563.